The van der Waals surface area contributed by atoms with Gasteiger partial charge in [-0.15, -0.1) is 0 Å². The molecule has 0 amide bonds. The molecule has 0 aliphatic carbocycles. The van der Waals surface area contributed by atoms with Crippen LogP contribution in [0.2, 0.25) is 5.02 Å². The van der Waals surface area contributed by atoms with Crippen molar-refractivity contribution in [1.29, 1.82) is 0 Å². The van der Waals surface area contributed by atoms with Crippen LogP contribution in [0.15, 0.2) is 53.8 Å². The minimum Gasteiger partial charge on any atom is -0.346 e. The lowest BCUT2D eigenvalue weighted by molar-refractivity contribution is 0.628. The van der Waals surface area contributed by atoms with E-state index >= 15 is 0 Å². The molecule has 7 heteroatoms. The number of hydrogen-bond donors (Lipinski definition) is 1. The Morgan fingerprint density at radius 3 is 2.85 bits per heavy atom. The highest BCUT2D eigenvalue weighted by Crippen LogP contribution is 2.31. The van der Waals surface area contributed by atoms with Gasteiger partial charge in [0.05, 0.1) is 5.69 Å². The van der Waals surface area contributed by atoms with E-state index in [1.165, 1.54) is 12.1 Å². The van der Waals surface area contributed by atoms with Crippen molar-refractivity contribution in [3.63, 3.8) is 0 Å². The van der Waals surface area contributed by atoms with Crippen LogP contribution in [0.3, 0.4) is 0 Å². The molecule has 0 saturated carbocycles. The number of pyridine rings is 1. The third-order valence-electron chi connectivity index (χ3n) is 4.38. The maximum atomic E-state index is 13.0. The Morgan fingerprint density at radius 2 is 2.07 bits per heavy atom. The molecule has 27 heavy (non-hydrogen) atoms. The number of aromatic amines is 1. The third-order valence-corrected chi connectivity index (χ3v) is 4.76. The van der Waals surface area contributed by atoms with E-state index in [1.807, 2.05) is 29.9 Å². The highest BCUT2D eigenvalue weighted by atomic mass is 35.5. The molecule has 0 saturated heterocycles. The largest absolute Gasteiger partial charge is 0.346 e. The number of H-pyrrole nitrogens is 1. The molecule has 0 bridgehead atoms. The summed E-state index contributed by atoms with van der Waals surface area (Å²) in [7, 11) is 0. The molecule has 136 valence electrons. The normalized spacial score (nSPS) is 11.7. The van der Waals surface area contributed by atoms with E-state index in [0.717, 1.165) is 27.9 Å². The van der Waals surface area contributed by atoms with Gasteiger partial charge >= 0.3 is 0 Å². The van der Waals surface area contributed by atoms with Crippen LogP contribution in [-0.2, 0) is 13.0 Å². The molecular formula is C20H17ClFN5. The number of nitrogens with zero attached hydrogens (tertiary/aromatic N) is 4. The quantitative estimate of drug-likeness (QED) is 0.499. The number of aryl methyl sites for hydroxylation is 1. The van der Waals surface area contributed by atoms with Gasteiger partial charge in [0.1, 0.15) is 16.5 Å². The van der Waals surface area contributed by atoms with Gasteiger partial charge in [0, 0.05) is 37.0 Å². The molecule has 0 fully saturated rings. The van der Waals surface area contributed by atoms with Crippen molar-refractivity contribution in [3.8, 4) is 0 Å². The number of fused-ring (bicyclic) bond motifs is 1. The van der Waals surface area contributed by atoms with Crippen molar-refractivity contribution in [2.45, 2.75) is 19.9 Å². The first-order chi connectivity index (χ1) is 13.2. The highest BCUT2D eigenvalue weighted by molar-refractivity contribution is 6.33. The van der Waals surface area contributed by atoms with Crippen LogP contribution in [0.4, 0.5) is 10.2 Å². The minimum absolute atomic E-state index is 0.282. The Morgan fingerprint density at radius 1 is 1.26 bits per heavy atom. The van der Waals surface area contributed by atoms with Crippen molar-refractivity contribution < 1.29 is 4.39 Å². The summed E-state index contributed by atoms with van der Waals surface area (Å²) in [6.07, 6.45) is 5.96. The van der Waals surface area contributed by atoms with Crippen LogP contribution >= 0.6 is 11.6 Å². The van der Waals surface area contributed by atoms with E-state index in [-0.39, 0.29) is 5.82 Å². The van der Waals surface area contributed by atoms with Gasteiger partial charge in [-0.1, -0.05) is 23.7 Å². The smallest absolute Gasteiger partial charge is 0.192 e. The lowest BCUT2D eigenvalue weighted by Gasteiger charge is -2.04. The number of halogens is 2. The van der Waals surface area contributed by atoms with E-state index in [2.05, 4.69) is 20.1 Å². The number of hydrogen-bond acceptors (Lipinski definition) is 3. The van der Waals surface area contributed by atoms with Crippen LogP contribution in [-0.4, -0.2) is 26.0 Å². The molecule has 4 aromatic rings. The van der Waals surface area contributed by atoms with Crippen LogP contribution in [0.25, 0.3) is 11.0 Å². The van der Waals surface area contributed by atoms with Crippen molar-refractivity contribution in [2.24, 2.45) is 4.99 Å². The number of nitrogens with one attached hydrogen (secondary N) is 1. The average molecular weight is 382 g/mol. The Balaban J connectivity index is 1.66. The van der Waals surface area contributed by atoms with Gasteiger partial charge < -0.3 is 4.98 Å². The Hall–Kier alpha value is -2.99. The summed E-state index contributed by atoms with van der Waals surface area (Å²) in [5, 5.41) is 6.09. The summed E-state index contributed by atoms with van der Waals surface area (Å²) in [4.78, 5) is 11.9. The van der Waals surface area contributed by atoms with Crippen molar-refractivity contribution >= 4 is 34.7 Å². The van der Waals surface area contributed by atoms with Crippen LogP contribution in [0, 0.1) is 5.82 Å². The van der Waals surface area contributed by atoms with Crippen LogP contribution in [0.5, 0.6) is 0 Å². The van der Waals surface area contributed by atoms with Crippen molar-refractivity contribution in [3.05, 3.63) is 76.5 Å². The van der Waals surface area contributed by atoms with Gasteiger partial charge in [0.2, 0.25) is 0 Å². The Bertz CT molecular complexity index is 1110. The van der Waals surface area contributed by atoms with E-state index < -0.39 is 0 Å². The molecule has 5 nitrogen and oxygen atoms in total. The van der Waals surface area contributed by atoms with Crippen LogP contribution < -0.4 is 0 Å². The maximum absolute atomic E-state index is 13.0. The van der Waals surface area contributed by atoms with E-state index in [0.29, 0.717) is 23.8 Å². The summed E-state index contributed by atoms with van der Waals surface area (Å²) in [6.45, 7) is 2.69. The second-order valence-corrected chi connectivity index (χ2v) is 6.48. The van der Waals surface area contributed by atoms with Crippen molar-refractivity contribution in [2.75, 3.05) is 0 Å². The molecule has 3 aromatic heterocycles. The van der Waals surface area contributed by atoms with Gasteiger partial charge in [0.25, 0.3) is 0 Å². The van der Waals surface area contributed by atoms with Gasteiger partial charge in [0.15, 0.2) is 5.82 Å². The lowest BCUT2D eigenvalue weighted by Crippen LogP contribution is -2.03. The van der Waals surface area contributed by atoms with Gasteiger partial charge in [-0.3, -0.25) is 4.68 Å². The highest BCUT2D eigenvalue weighted by Gasteiger charge is 2.17. The van der Waals surface area contributed by atoms with Crippen LogP contribution in [0.1, 0.15) is 23.7 Å². The molecule has 4 rings (SSSR count). The van der Waals surface area contributed by atoms with Gasteiger partial charge in [-0.25, -0.2) is 14.4 Å². The van der Waals surface area contributed by atoms with E-state index in [1.54, 1.807) is 24.5 Å². The third kappa shape index (κ3) is 3.48. The fraction of sp³-hybridized carbons (Fsp3) is 0.150. The lowest BCUT2D eigenvalue weighted by atomic mass is 10.1. The molecule has 0 unspecified atom stereocenters. The molecule has 0 spiro atoms. The van der Waals surface area contributed by atoms with Crippen molar-refractivity contribution in [1.82, 2.24) is 19.7 Å². The fourth-order valence-electron chi connectivity index (χ4n) is 3.00. The van der Waals surface area contributed by atoms with E-state index in [9.17, 15) is 4.39 Å². The summed E-state index contributed by atoms with van der Waals surface area (Å²) >= 11 is 6.58. The molecule has 1 N–H and O–H groups in total. The molecule has 1 aromatic carbocycles. The average Bonchev–Trinajstić information content (AvgIpc) is 3.23. The monoisotopic (exact) mass is 381 g/mol. The first kappa shape index (κ1) is 17.4. The number of benzene rings is 1. The Labute approximate surface area is 160 Å². The maximum Gasteiger partial charge on any atom is 0.192 e. The van der Waals surface area contributed by atoms with Gasteiger partial charge in [-0.05, 0) is 42.3 Å². The summed E-state index contributed by atoms with van der Waals surface area (Å²) < 4.78 is 14.9. The molecule has 3 heterocycles. The zero-order valence-electron chi connectivity index (χ0n) is 14.7. The topological polar surface area (TPSA) is 58.9 Å². The predicted molar refractivity (Wildman–Crippen MR) is 105 cm³/mol. The first-order valence-electron chi connectivity index (χ1n) is 8.61. The molecular weight excluding hydrogens is 365 g/mol. The zero-order chi connectivity index (χ0) is 18.8. The predicted octanol–water partition coefficient (Wildman–Crippen LogP) is 4.91. The fourth-order valence-corrected chi connectivity index (χ4v) is 3.25. The molecule has 0 aliphatic rings. The molecule has 0 atom stereocenters. The molecule has 0 aliphatic heterocycles. The SMILES string of the molecule is CCn1nc(N=Cc2ccc(F)cc2)c(Cl)c1Cc1c[nH]c2ncccc12. The van der Waals surface area contributed by atoms with E-state index in [4.69, 9.17) is 11.6 Å². The second kappa shape index (κ2) is 7.32. The summed E-state index contributed by atoms with van der Waals surface area (Å²) in [6, 6.07) is 10.0. The summed E-state index contributed by atoms with van der Waals surface area (Å²) in [5.74, 6) is 0.173. The zero-order valence-corrected chi connectivity index (χ0v) is 15.4. The molecule has 0 radical (unpaired) electrons. The standard InChI is InChI=1S/C20H17ClFN5/c1-2-27-17(10-14-12-25-19-16(14)4-3-9-23-19)18(21)20(26-27)24-11-13-5-7-15(22)8-6-13/h3-9,11-12H,2,10H2,1H3,(H,23,25). The number of aliphatic imine (C=N–C) groups is 1. The number of aromatic nitrogens is 4. The number of rotatable bonds is 5. The Kier molecular flexibility index (Phi) is 4.73. The summed E-state index contributed by atoms with van der Waals surface area (Å²) in [5.41, 5.74) is 3.63. The second-order valence-electron chi connectivity index (χ2n) is 6.10. The minimum atomic E-state index is -0.282. The first-order valence-corrected chi connectivity index (χ1v) is 8.99. The van der Waals surface area contributed by atoms with Gasteiger partial charge in [-0.2, -0.15) is 5.10 Å².